The van der Waals surface area contributed by atoms with Gasteiger partial charge in [-0.1, -0.05) is 30.3 Å². The van der Waals surface area contributed by atoms with Gasteiger partial charge in [0.25, 0.3) is 0 Å². The Morgan fingerprint density at radius 3 is 2.25 bits per heavy atom. The van der Waals surface area contributed by atoms with Crippen molar-refractivity contribution in [2.45, 2.75) is 25.6 Å². The Bertz CT molecular complexity index is 463. The van der Waals surface area contributed by atoms with Crippen molar-refractivity contribution in [3.63, 3.8) is 0 Å². The van der Waals surface area contributed by atoms with Gasteiger partial charge in [-0.15, -0.1) is 12.4 Å². The molecule has 0 fully saturated rings. The van der Waals surface area contributed by atoms with Gasteiger partial charge in [-0.25, -0.2) is 8.42 Å². The van der Waals surface area contributed by atoms with Crippen molar-refractivity contribution >= 4 is 22.2 Å². The maximum atomic E-state index is 11.8. The van der Waals surface area contributed by atoms with Crippen molar-refractivity contribution in [2.75, 3.05) is 25.4 Å². The molecule has 0 amide bonds. The first-order valence-electron chi connectivity index (χ1n) is 6.63. The van der Waals surface area contributed by atoms with E-state index >= 15 is 0 Å². The van der Waals surface area contributed by atoms with Gasteiger partial charge in [0.15, 0.2) is 9.84 Å². The molecule has 1 aromatic carbocycles. The van der Waals surface area contributed by atoms with E-state index in [0.717, 1.165) is 6.54 Å². The predicted octanol–water partition coefficient (Wildman–Crippen LogP) is 1.69. The first-order valence-corrected chi connectivity index (χ1v) is 8.35. The summed E-state index contributed by atoms with van der Waals surface area (Å²) in [5.41, 5.74) is 6.77. The van der Waals surface area contributed by atoms with Crippen LogP contribution in [-0.2, 0) is 16.4 Å². The fraction of sp³-hybridized carbons (Fsp3) is 0.571. The second-order valence-electron chi connectivity index (χ2n) is 4.97. The van der Waals surface area contributed by atoms with Crippen LogP contribution in [0.1, 0.15) is 19.4 Å². The van der Waals surface area contributed by atoms with Gasteiger partial charge in [0.2, 0.25) is 0 Å². The van der Waals surface area contributed by atoms with Gasteiger partial charge in [-0.2, -0.15) is 0 Å². The Balaban J connectivity index is 0.00000361. The van der Waals surface area contributed by atoms with Gasteiger partial charge >= 0.3 is 0 Å². The van der Waals surface area contributed by atoms with Crippen molar-refractivity contribution in [1.29, 1.82) is 0 Å². The first kappa shape index (κ1) is 19.4. The average molecular weight is 321 g/mol. The van der Waals surface area contributed by atoms with E-state index in [1.807, 2.05) is 30.3 Å². The number of nitrogens with two attached hydrogens (primary N) is 1. The monoisotopic (exact) mass is 320 g/mol. The molecule has 0 aromatic heterocycles. The molecule has 0 bridgehead atoms. The van der Waals surface area contributed by atoms with Crippen LogP contribution < -0.4 is 5.73 Å². The molecule has 1 rings (SSSR count). The lowest BCUT2D eigenvalue weighted by molar-refractivity contribution is 0.289. The lowest BCUT2D eigenvalue weighted by Crippen LogP contribution is -2.34. The van der Waals surface area contributed by atoms with Gasteiger partial charge in [-0.3, -0.25) is 4.90 Å². The molecule has 0 spiro atoms. The second-order valence-corrected chi connectivity index (χ2v) is 7.64. The van der Waals surface area contributed by atoms with E-state index in [-0.39, 0.29) is 23.4 Å². The molecule has 20 heavy (non-hydrogen) atoms. The zero-order chi connectivity index (χ0) is 14.3. The Kier molecular flexibility index (Phi) is 9.05. The Morgan fingerprint density at radius 1 is 1.15 bits per heavy atom. The number of hydrogen-bond donors (Lipinski definition) is 1. The number of rotatable bonds is 8. The second kappa shape index (κ2) is 9.34. The zero-order valence-electron chi connectivity index (χ0n) is 12.2. The van der Waals surface area contributed by atoms with E-state index < -0.39 is 9.84 Å². The van der Waals surface area contributed by atoms with E-state index in [4.69, 9.17) is 5.73 Å². The van der Waals surface area contributed by atoms with E-state index in [0.29, 0.717) is 19.6 Å². The third kappa shape index (κ3) is 6.70. The number of hydrogen-bond acceptors (Lipinski definition) is 4. The summed E-state index contributed by atoms with van der Waals surface area (Å²) < 4.78 is 23.7. The van der Waals surface area contributed by atoms with Gasteiger partial charge in [0.05, 0.1) is 11.0 Å². The molecule has 0 aliphatic heterocycles. The fourth-order valence-corrected chi connectivity index (χ4v) is 2.77. The topological polar surface area (TPSA) is 63.4 Å². The Hall–Kier alpha value is -0.620. The highest BCUT2D eigenvalue weighted by atomic mass is 35.5. The summed E-state index contributed by atoms with van der Waals surface area (Å²) in [6.45, 7) is 5.97. The number of halogens is 1. The molecular formula is C14H25ClN2O2S. The number of benzene rings is 1. The molecule has 1 aromatic rings. The fourth-order valence-electron chi connectivity index (χ4n) is 1.79. The smallest absolute Gasteiger partial charge is 0.153 e. The van der Waals surface area contributed by atoms with E-state index in [1.54, 1.807) is 13.8 Å². The molecular weight excluding hydrogens is 296 g/mol. The minimum Gasteiger partial charge on any atom is -0.329 e. The van der Waals surface area contributed by atoms with Crippen LogP contribution in [0.15, 0.2) is 30.3 Å². The molecule has 0 aliphatic carbocycles. The van der Waals surface area contributed by atoms with Crippen LogP contribution in [0.5, 0.6) is 0 Å². The molecule has 0 saturated carbocycles. The summed E-state index contributed by atoms with van der Waals surface area (Å²) in [6, 6.07) is 10.0. The van der Waals surface area contributed by atoms with Crippen LogP contribution in [0.3, 0.4) is 0 Å². The van der Waals surface area contributed by atoms with E-state index in [1.165, 1.54) is 5.56 Å². The van der Waals surface area contributed by atoms with Crippen molar-refractivity contribution < 1.29 is 8.42 Å². The summed E-state index contributed by atoms with van der Waals surface area (Å²) in [5, 5.41) is -0.316. The summed E-state index contributed by atoms with van der Waals surface area (Å²) in [5.74, 6) is 0.192. The maximum absolute atomic E-state index is 11.8. The highest BCUT2D eigenvalue weighted by Gasteiger charge is 2.17. The summed E-state index contributed by atoms with van der Waals surface area (Å²) >= 11 is 0. The normalized spacial score (nSPS) is 11.7. The average Bonchev–Trinajstić information content (AvgIpc) is 2.37. The van der Waals surface area contributed by atoms with Crippen LogP contribution in [-0.4, -0.2) is 44.0 Å². The molecule has 0 saturated heterocycles. The summed E-state index contributed by atoms with van der Waals surface area (Å²) in [6.07, 6.45) is 0. The van der Waals surface area contributed by atoms with E-state index in [2.05, 4.69) is 4.90 Å². The third-order valence-electron chi connectivity index (χ3n) is 3.10. The molecule has 0 aliphatic rings. The van der Waals surface area contributed by atoms with Crippen LogP contribution >= 0.6 is 12.4 Å². The Morgan fingerprint density at radius 2 is 1.75 bits per heavy atom. The minimum atomic E-state index is -2.99. The quantitative estimate of drug-likeness (QED) is 0.791. The SMILES string of the molecule is CC(C)S(=O)(=O)CCN(CCN)Cc1ccccc1.Cl. The third-order valence-corrected chi connectivity index (χ3v) is 5.29. The van der Waals surface area contributed by atoms with Crippen LogP contribution in [0.25, 0.3) is 0 Å². The first-order chi connectivity index (χ1) is 8.95. The molecule has 0 unspecified atom stereocenters. The molecule has 4 nitrogen and oxygen atoms in total. The van der Waals surface area contributed by atoms with Gasteiger partial charge < -0.3 is 5.73 Å². The zero-order valence-corrected chi connectivity index (χ0v) is 13.8. The molecule has 6 heteroatoms. The largest absolute Gasteiger partial charge is 0.329 e. The summed E-state index contributed by atoms with van der Waals surface area (Å²) in [7, 11) is -2.99. The van der Waals surface area contributed by atoms with Crippen molar-refractivity contribution in [2.24, 2.45) is 5.73 Å². The minimum absolute atomic E-state index is 0. The summed E-state index contributed by atoms with van der Waals surface area (Å²) in [4.78, 5) is 2.09. The van der Waals surface area contributed by atoms with Crippen molar-refractivity contribution in [3.8, 4) is 0 Å². The van der Waals surface area contributed by atoms with Crippen LogP contribution in [0, 0.1) is 0 Å². The van der Waals surface area contributed by atoms with Gasteiger partial charge in [-0.05, 0) is 19.4 Å². The van der Waals surface area contributed by atoms with Crippen molar-refractivity contribution in [1.82, 2.24) is 4.90 Å². The highest BCUT2D eigenvalue weighted by Crippen LogP contribution is 2.06. The van der Waals surface area contributed by atoms with Crippen LogP contribution in [0.2, 0.25) is 0 Å². The van der Waals surface area contributed by atoms with Gasteiger partial charge in [0.1, 0.15) is 0 Å². The highest BCUT2D eigenvalue weighted by molar-refractivity contribution is 7.92. The lowest BCUT2D eigenvalue weighted by Gasteiger charge is -2.22. The lowest BCUT2D eigenvalue weighted by atomic mass is 10.2. The Labute approximate surface area is 128 Å². The maximum Gasteiger partial charge on any atom is 0.153 e. The molecule has 0 radical (unpaired) electrons. The van der Waals surface area contributed by atoms with Gasteiger partial charge in [0, 0.05) is 26.2 Å². The van der Waals surface area contributed by atoms with Crippen molar-refractivity contribution in [3.05, 3.63) is 35.9 Å². The molecule has 0 atom stereocenters. The molecule has 116 valence electrons. The molecule has 2 N–H and O–H groups in total. The molecule has 0 heterocycles. The van der Waals surface area contributed by atoms with E-state index in [9.17, 15) is 8.42 Å². The van der Waals surface area contributed by atoms with Crippen LogP contribution in [0.4, 0.5) is 0 Å². The number of sulfone groups is 1. The number of nitrogens with zero attached hydrogens (tertiary/aromatic N) is 1. The predicted molar refractivity (Wildman–Crippen MR) is 86.9 cm³/mol. The standard InChI is InChI=1S/C14H24N2O2S.ClH/c1-13(2)19(17,18)11-10-16(9-8-15)12-14-6-4-3-5-7-14;/h3-7,13H,8-12,15H2,1-2H3;1H.